The number of morpholine rings is 1. The van der Waals surface area contributed by atoms with Crippen LogP contribution in [-0.4, -0.2) is 37.2 Å². The molecule has 5 nitrogen and oxygen atoms in total. The standard InChI is InChI=1S/C17H16F3N3O2/c18-17(19,20)12-5-6-21-14(11-12)16(24)22-13-3-1-2-4-15(13)23-7-9-25-10-8-23/h1-6,11H,7-10H2,(H,22,24). The van der Waals surface area contributed by atoms with Crippen LogP contribution in [0, 0.1) is 0 Å². The first-order chi connectivity index (χ1) is 11.9. The molecule has 2 heterocycles. The number of rotatable bonds is 3. The number of hydrogen-bond donors (Lipinski definition) is 1. The van der Waals surface area contributed by atoms with Crippen molar-refractivity contribution in [3.63, 3.8) is 0 Å². The summed E-state index contributed by atoms with van der Waals surface area (Å²) in [5, 5.41) is 2.65. The fourth-order valence-corrected chi connectivity index (χ4v) is 2.58. The highest BCUT2D eigenvalue weighted by Crippen LogP contribution is 2.30. The van der Waals surface area contributed by atoms with Gasteiger partial charge in [0.15, 0.2) is 0 Å². The third-order valence-electron chi connectivity index (χ3n) is 3.82. The van der Waals surface area contributed by atoms with Crippen molar-refractivity contribution in [2.45, 2.75) is 6.18 Å². The molecule has 0 saturated carbocycles. The second kappa shape index (κ2) is 7.10. The number of para-hydroxylation sites is 2. The normalized spacial score (nSPS) is 15.1. The van der Waals surface area contributed by atoms with E-state index in [1.54, 1.807) is 12.1 Å². The first-order valence-electron chi connectivity index (χ1n) is 7.71. The quantitative estimate of drug-likeness (QED) is 0.923. The minimum absolute atomic E-state index is 0.286. The number of alkyl halides is 3. The van der Waals surface area contributed by atoms with Gasteiger partial charge in [0.1, 0.15) is 5.69 Å². The molecule has 1 fully saturated rings. The number of amides is 1. The highest BCUT2D eigenvalue weighted by atomic mass is 19.4. The van der Waals surface area contributed by atoms with E-state index in [9.17, 15) is 18.0 Å². The van der Waals surface area contributed by atoms with Gasteiger partial charge in [-0.3, -0.25) is 9.78 Å². The molecule has 0 spiro atoms. The summed E-state index contributed by atoms with van der Waals surface area (Å²) in [6.07, 6.45) is -3.55. The molecule has 1 aromatic heterocycles. The summed E-state index contributed by atoms with van der Waals surface area (Å²) in [6.45, 7) is 2.51. The van der Waals surface area contributed by atoms with Gasteiger partial charge in [0.2, 0.25) is 0 Å². The van der Waals surface area contributed by atoms with E-state index in [-0.39, 0.29) is 5.69 Å². The highest BCUT2D eigenvalue weighted by molar-refractivity contribution is 6.04. The lowest BCUT2D eigenvalue weighted by molar-refractivity contribution is -0.137. The van der Waals surface area contributed by atoms with Crippen molar-refractivity contribution < 1.29 is 22.7 Å². The van der Waals surface area contributed by atoms with Crippen molar-refractivity contribution in [3.8, 4) is 0 Å². The zero-order valence-electron chi connectivity index (χ0n) is 13.2. The molecule has 1 amide bonds. The molecule has 0 aliphatic carbocycles. The summed E-state index contributed by atoms with van der Waals surface area (Å²) in [5.74, 6) is -0.688. The van der Waals surface area contributed by atoms with E-state index in [1.165, 1.54) is 0 Å². The minimum Gasteiger partial charge on any atom is -0.378 e. The molecule has 0 atom stereocenters. The average Bonchev–Trinajstić information content (AvgIpc) is 2.62. The predicted molar refractivity (Wildman–Crippen MR) is 86.7 cm³/mol. The lowest BCUT2D eigenvalue weighted by atomic mass is 10.2. The smallest absolute Gasteiger partial charge is 0.378 e. The molecule has 1 N–H and O–H groups in total. The fourth-order valence-electron chi connectivity index (χ4n) is 2.58. The van der Waals surface area contributed by atoms with Crippen molar-refractivity contribution in [1.82, 2.24) is 4.98 Å². The van der Waals surface area contributed by atoms with Crippen molar-refractivity contribution >= 4 is 17.3 Å². The van der Waals surface area contributed by atoms with Crippen molar-refractivity contribution in [3.05, 3.63) is 53.9 Å². The third-order valence-corrected chi connectivity index (χ3v) is 3.82. The van der Waals surface area contributed by atoms with Gasteiger partial charge in [0, 0.05) is 19.3 Å². The Labute approximate surface area is 142 Å². The van der Waals surface area contributed by atoms with Gasteiger partial charge < -0.3 is 15.0 Å². The van der Waals surface area contributed by atoms with E-state index in [4.69, 9.17) is 4.74 Å². The Bertz CT molecular complexity index is 759. The number of ether oxygens (including phenoxy) is 1. The monoisotopic (exact) mass is 351 g/mol. The highest BCUT2D eigenvalue weighted by Gasteiger charge is 2.31. The summed E-state index contributed by atoms with van der Waals surface area (Å²) < 4.78 is 43.7. The molecule has 1 aliphatic rings. The number of aromatic nitrogens is 1. The summed E-state index contributed by atoms with van der Waals surface area (Å²) in [4.78, 5) is 18.1. The molecule has 1 aliphatic heterocycles. The Morgan fingerprint density at radius 3 is 2.60 bits per heavy atom. The largest absolute Gasteiger partial charge is 0.416 e. The number of benzene rings is 1. The number of nitrogens with zero attached hydrogens (tertiary/aromatic N) is 2. The van der Waals surface area contributed by atoms with Crippen LogP contribution in [0.15, 0.2) is 42.6 Å². The van der Waals surface area contributed by atoms with Crippen LogP contribution in [0.5, 0.6) is 0 Å². The van der Waals surface area contributed by atoms with Crippen LogP contribution in [0.1, 0.15) is 16.1 Å². The molecule has 3 rings (SSSR count). The second-order valence-electron chi connectivity index (χ2n) is 5.50. The number of pyridine rings is 1. The summed E-state index contributed by atoms with van der Waals surface area (Å²) in [5.41, 5.74) is 0.125. The SMILES string of the molecule is O=C(Nc1ccccc1N1CCOCC1)c1cc(C(F)(F)F)ccn1. The van der Waals surface area contributed by atoms with Crippen LogP contribution < -0.4 is 10.2 Å². The Hall–Kier alpha value is -2.61. The lowest BCUT2D eigenvalue weighted by Crippen LogP contribution is -2.36. The maximum atomic E-state index is 12.8. The molecule has 132 valence electrons. The van der Waals surface area contributed by atoms with Gasteiger partial charge in [0.25, 0.3) is 5.91 Å². The first-order valence-corrected chi connectivity index (χ1v) is 7.71. The van der Waals surface area contributed by atoms with Crippen molar-refractivity contribution in [2.24, 2.45) is 0 Å². The number of hydrogen-bond acceptors (Lipinski definition) is 4. The molecule has 25 heavy (non-hydrogen) atoms. The fraction of sp³-hybridized carbons (Fsp3) is 0.294. The molecular formula is C17H16F3N3O2. The zero-order valence-corrected chi connectivity index (χ0v) is 13.2. The van der Waals surface area contributed by atoms with E-state index in [1.807, 2.05) is 12.1 Å². The minimum atomic E-state index is -4.52. The number of halogens is 3. The van der Waals surface area contributed by atoms with E-state index in [0.29, 0.717) is 32.0 Å². The number of carbonyl (C=O) groups is 1. The summed E-state index contributed by atoms with van der Waals surface area (Å²) >= 11 is 0. The van der Waals surface area contributed by atoms with Gasteiger partial charge in [-0.1, -0.05) is 12.1 Å². The molecular weight excluding hydrogens is 335 g/mol. The van der Waals surface area contributed by atoms with Crippen LogP contribution in [0.2, 0.25) is 0 Å². The molecule has 0 radical (unpaired) electrons. The van der Waals surface area contributed by atoms with Gasteiger partial charge >= 0.3 is 6.18 Å². The molecule has 2 aromatic rings. The van der Waals surface area contributed by atoms with Crippen LogP contribution in [0.3, 0.4) is 0 Å². The molecule has 1 aromatic carbocycles. The maximum absolute atomic E-state index is 12.8. The van der Waals surface area contributed by atoms with Gasteiger partial charge in [0.05, 0.1) is 30.2 Å². The second-order valence-corrected chi connectivity index (χ2v) is 5.50. The Morgan fingerprint density at radius 2 is 1.88 bits per heavy atom. The number of anilines is 2. The van der Waals surface area contributed by atoms with Crippen LogP contribution in [0.25, 0.3) is 0 Å². The van der Waals surface area contributed by atoms with Crippen LogP contribution >= 0.6 is 0 Å². The Morgan fingerprint density at radius 1 is 1.16 bits per heavy atom. The lowest BCUT2D eigenvalue weighted by Gasteiger charge is -2.30. The average molecular weight is 351 g/mol. The van der Waals surface area contributed by atoms with E-state index in [0.717, 1.165) is 24.0 Å². The molecule has 0 unspecified atom stereocenters. The van der Waals surface area contributed by atoms with Gasteiger partial charge in [-0.2, -0.15) is 13.2 Å². The Balaban J connectivity index is 1.82. The van der Waals surface area contributed by atoms with Crippen molar-refractivity contribution in [1.29, 1.82) is 0 Å². The van der Waals surface area contributed by atoms with Gasteiger partial charge in [-0.25, -0.2) is 0 Å². The summed E-state index contributed by atoms with van der Waals surface area (Å²) in [7, 11) is 0. The first kappa shape index (κ1) is 17.2. The number of carbonyl (C=O) groups excluding carboxylic acids is 1. The third kappa shape index (κ3) is 4.08. The Kier molecular flexibility index (Phi) is 4.89. The van der Waals surface area contributed by atoms with Gasteiger partial charge in [-0.05, 0) is 24.3 Å². The predicted octanol–water partition coefficient (Wildman–Crippen LogP) is 3.19. The van der Waals surface area contributed by atoms with Crippen LogP contribution in [0.4, 0.5) is 24.5 Å². The van der Waals surface area contributed by atoms with Gasteiger partial charge in [-0.15, -0.1) is 0 Å². The van der Waals surface area contributed by atoms with E-state index < -0.39 is 17.6 Å². The molecule has 1 saturated heterocycles. The zero-order chi connectivity index (χ0) is 17.9. The van der Waals surface area contributed by atoms with Crippen molar-refractivity contribution in [2.75, 3.05) is 36.5 Å². The number of nitrogens with one attached hydrogen (secondary N) is 1. The maximum Gasteiger partial charge on any atom is 0.416 e. The van der Waals surface area contributed by atoms with E-state index in [2.05, 4.69) is 15.2 Å². The molecule has 8 heteroatoms. The van der Waals surface area contributed by atoms with E-state index >= 15 is 0 Å². The summed E-state index contributed by atoms with van der Waals surface area (Å²) in [6, 6.07) is 8.71. The van der Waals surface area contributed by atoms with Crippen LogP contribution in [-0.2, 0) is 10.9 Å². The molecule has 0 bridgehead atoms. The topological polar surface area (TPSA) is 54.5 Å².